The van der Waals surface area contributed by atoms with Gasteiger partial charge >= 0.3 is 6.03 Å². The lowest BCUT2D eigenvalue weighted by atomic mass is 9.57. The summed E-state index contributed by atoms with van der Waals surface area (Å²) in [4.78, 5) is 14.4. The number of amides is 2. The average Bonchev–Trinajstić information content (AvgIpc) is 2.66. The van der Waals surface area contributed by atoms with E-state index in [-0.39, 0.29) is 17.5 Å². The summed E-state index contributed by atoms with van der Waals surface area (Å²) in [6, 6.07) is 0.432. The smallest absolute Gasteiger partial charge is 0.317 e. The van der Waals surface area contributed by atoms with Gasteiger partial charge in [0.1, 0.15) is 0 Å². The van der Waals surface area contributed by atoms with Gasteiger partial charge in [0.15, 0.2) is 0 Å². The van der Waals surface area contributed by atoms with E-state index in [0.29, 0.717) is 12.0 Å². The zero-order chi connectivity index (χ0) is 13.5. The van der Waals surface area contributed by atoms with Crippen LogP contribution in [0.5, 0.6) is 0 Å². The first-order chi connectivity index (χ1) is 9.10. The van der Waals surface area contributed by atoms with Gasteiger partial charge in [-0.05, 0) is 19.3 Å². The van der Waals surface area contributed by atoms with E-state index in [1.54, 1.807) is 0 Å². The second-order valence-corrected chi connectivity index (χ2v) is 6.89. The molecule has 19 heavy (non-hydrogen) atoms. The number of carbonyl (C=O) groups excluding carboxylic acids is 1. The van der Waals surface area contributed by atoms with Gasteiger partial charge in [-0.2, -0.15) is 0 Å². The summed E-state index contributed by atoms with van der Waals surface area (Å²) in [7, 11) is 0. The van der Waals surface area contributed by atoms with Gasteiger partial charge in [-0.25, -0.2) is 4.79 Å². The SMILES string of the molecule is CC1(C)C(NC(=O)N2CCCCCC2)C2CCOC21. The summed E-state index contributed by atoms with van der Waals surface area (Å²) in [6.45, 7) is 7.13. The summed E-state index contributed by atoms with van der Waals surface area (Å²) in [5.41, 5.74) is 0.0860. The lowest BCUT2D eigenvalue weighted by Gasteiger charge is -2.54. The Morgan fingerprint density at radius 3 is 2.58 bits per heavy atom. The van der Waals surface area contributed by atoms with Crippen LogP contribution in [0.15, 0.2) is 0 Å². The Morgan fingerprint density at radius 1 is 1.21 bits per heavy atom. The lowest BCUT2D eigenvalue weighted by Crippen LogP contribution is -2.67. The number of likely N-dealkylation sites (tertiary alicyclic amines) is 1. The number of hydrogen-bond donors (Lipinski definition) is 1. The standard InChI is InChI=1S/C15H26N2O2/c1-15(2)12(11-7-10-19-13(11)15)16-14(18)17-8-5-3-4-6-9-17/h11-13H,3-10H2,1-2H3,(H,16,18). The van der Waals surface area contributed by atoms with Crippen molar-refractivity contribution in [3.8, 4) is 0 Å². The normalized spacial score (nSPS) is 37.2. The highest BCUT2D eigenvalue weighted by molar-refractivity contribution is 5.75. The van der Waals surface area contributed by atoms with Crippen LogP contribution in [0.4, 0.5) is 4.79 Å². The Balaban J connectivity index is 1.60. The fourth-order valence-electron chi connectivity index (χ4n) is 4.12. The van der Waals surface area contributed by atoms with Crippen molar-refractivity contribution < 1.29 is 9.53 Å². The van der Waals surface area contributed by atoms with Crippen molar-refractivity contribution in [1.29, 1.82) is 0 Å². The molecule has 0 aromatic heterocycles. The summed E-state index contributed by atoms with van der Waals surface area (Å²) < 4.78 is 5.78. The molecule has 3 fully saturated rings. The van der Waals surface area contributed by atoms with E-state index in [2.05, 4.69) is 19.2 Å². The van der Waals surface area contributed by atoms with Crippen LogP contribution >= 0.6 is 0 Å². The van der Waals surface area contributed by atoms with Crippen LogP contribution in [0.1, 0.15) is 46.0 Å². The van der Waals surface area contributed by atoms with Crippen LogP contribution in [0, 0.1) is 11.3 Å². The molecule has 4 nitrogen and oxygen atoms in total. The molecular weight excluding hydrogens is 240 g/mol. The van der Waals surface area contributed by atoms with Gasteiger partial charge in [0.25, 0.3) is 0 Å². The van der Waals surface area contributed by atoms with E-state index in [1.807, 2.05) is 4.90 Å². The third-order valence-corrected chi connectivity index (χ3v) is 5.27. The molecule has 3 rings (SSSR count). The number of nitrogens with one attached hydrogen (secondary N) is 1. The fourth-order valence-corrected chi connectivity index (χ4v) is 4.12. The van der Waals surface area contributed by atoms with E-state index in [9.17, 15) is 4.79 Å². The highest BCUT2D eigenvalue weighted by Crippen LogP contribution is 2.52. The third kappa shape index (κ3) is 2.24. The van der Waals surface area contributed by atoms with E-state index in [0.717, 1.165) is 39.0 Å². The van der Waals surface area contributed by atoms with Crippen molar-refractivity contribution in [2.75, 3.05) is 19.7 Å². The molecule has 3 unspecified atom stereocenters. The van der Waals surface area contributed by atoms with Gasteiger partial charge in [-0.3, -0.25) is 0 Å². The Kier molecular flexibility index (Phi) is 3.46. The Hall–Kier alpha value is -0.770. The van der Waals surface area contributed by atoms with Crippen molar-refractivity contribution in [3.63, 3.8) is 0 Å². The zero-order valence-electron chi connectivity index (χ0n) is 12.2. The molecule has 2 saturated heterocycles. The van der Waals surface area contributed by atoms with E-state index in [1.165, 1.54) is 12.8 Å². The largest absolute Gasteiger partial charge is 0.377 e. The van der Waals surface area contributed by atoms with Crippen LogP contribution in [0.25, 0.3) is 0 Å². The molecule has 0 spiro atoms. The van der Waals surface area contributed by atoms with Crippen molar-refractivity contribution in [2.45, 2.75) is 58.1 Å². The third-order valence-electron chi connectivity index (χ3n) is 5.27. The molecule has 1 aliphatic carbocycles. The van der Waals surface area contributed by atoms with Gasteiger partial charge in [-0.1, -0.05) is 26.7 Å². The monoisotopic (exact) mass is 266 g/mol. The first-order valence-electron chi connectivity index (χ1n) is 7.78. The van der Waals surface area contributed by atoms with E-state index in [4.69, 9.17) is 4.74 Å². The van der Waals surface area contributed by atoms with E-state index < -0.39 is 0 Å². The zero-order valence-corrected chi connectivity index (χ0v) is 12.2. The first kappa shape index (κ1) is 13.2. The Bertz CT molecular complexity index is 348. The van der Waals surface area contributed by atoms with Crippen molar-refractivity contribution in [3.05, 3.63) is 0 Å². The Labute approximate surface area is 115 Å². The molecule has 0 aromatic carbocycles. The predicted octanol–water partition coefficient (Wildman–Crippen LogP) is 2.39. The van der Waals surface area contributed by atoms with Crippen molar-refractivity contribution >= 4 is 6.03 Å². The molecule has 3 aliphatic rings. The number of rotatable bonds is 1. The maximum Gasteiger partial charge on any atom is 0.317 e. The molecular formula is C15H26N2O2. The molecule has 0 bridgehead atoms. The number of carbonyl (C=O) groups is 1. The molecule has 2 heterocycles. The number of ether oxygens (including phenoxy) is 1. The second-order valence-electron chi connectivity index (χ2n) is 6.89. The fraction of sp³-hybridized carbons (Fsp3) is 0.933. The van der Waals surface area contributed by atoms with Crippen molar-refractivity contribution in [2.24, 2.45) is 11.3 Å². The molecule has 0 aromatic rings. The lowest BCUT2D eigenvalue weighted by molar-refractivity contribution is -0.109. The first-order valence-corrected chi connectivity index (χ1v) is 7.78. The molecule has 4 heteroatoms. The average molecular weight is 266 g/mol. The van der Waals surface area contributed by atoms with E-state index >= 15 is 0 Å². The van der Waals surface area contributed by atoms with Gasteiger partial charge < -0.3 is 15.0 Å². The minimum absolute atomic E-state index is 0.0860. The van der Waals surface area contributed by atoms with Gasteiger partial charge in [0, 0.05) is 37.1 Å². The van der Waals surface area contributed by atoms with Crippen LogP contribution in [-0.4, -0.2) is 42.8 Å². The minimum Gasteiger partial charge on any atom is -0.377 e. The van der Waals surface area contributed by atoms with Crippen LogP contribution in [-0.2, 0) is 4.74 Å². The summed E-state index contributed by atoms with van der Waals surface area (Å²) >= 11 is 0. The maximum atomic E-state index is 12.4. The van der Waals surface area contributed by atoms with Crippen LogP contribution < -0.4 is 5.32 Å². The molecule has 1 saturated carbocycles. The van der Waals surface area contributed by atoms with Gasteiger partial charge in [0.2, 0.25) is 0 Å². The number of hydrogen-bond acceptors (Lipinski definition) is 2. The summed E-state index contributed by atoms with van der Waals surface area (Å²) in [6.07, 6.45) is 6.27. The maximum absolute atomic E-state index is 12.4. The van der Waals surface area contributed by atoms with Gasteiger partial charge in [-0.15, -0.1) is 0 Å². The minimum atomic E-state index is 0.0860. The molecule has 2 aliphatic heterocycles. The van der Waals surface area contributed by atoms with Crippen LogP contribution in [0.3, 0.4) is 0 Å². The molecule has 1 N–H and O–H groups in total. The summed E-state index contributed by atoms with van der Waals surface area (Å²) in [5, 5.41) is 3.28. The highest BCUT2D eigenvalue weighted by Gasteiger charge is 2.59. The highest BCUT2D eigenvalue weighted by atomic mass is 16.5. The predicted molar refractivity (Wildman–Crippen MR) is 74.0 cm³/mol. The molecule has 0 radical (unpaired) electrons. The summed E-state index contributed by atoms with van der Waals surface area (Å²) in [5.74, 6) is 0.533. The second kappa shape index (κ2) is 4.97. The molecule has 108 valence electrons. The van der Waals surface area contributed by atoms with Crippen LogP contribution in [0.2, 0.25) is 0 Å². The quantitative estimate of drug-likeness (QED) is 0.791. The molecule has 2 amide bonds. The number of fused-ring (bicyclic) bond motifs is 1. The van der Waals surface area contributed by atoms with Crippen molar-refractivity contribution in [1.82, 2.24) is 10.2 Å². The number of urea groups is 1. The topological polar surface area (TPSA) is 41.6 Å². The van der Waals surface area contributed by atoms with Gasteiger partial charge in [0.05, 0.1) is 6.10 Å². The molecule has 3 atom stereocenters. The Morgan fingerprint density at radius 2 is 1.89 bits per heavy atom. The number of nitrogens with zero attached hydrogens (tertiary/aromatic N) is 1.